The fourth-order valence-corrected chi connectivity index (χ4v) is 2.52. The Morgan fingerprint density at radius 1 is 1.38 bits per heavy atom. The molecular formula is C14H12ClF3O3. The second kappa shape index (κ2) is 5.26. The molecule has 1 N–H and O–H groups in total. The van der Waals surface area contributed by atoms with E-state index in [1.54, 1.807) is 26.0 Å². The third-order valence-corrected chi connectivity index (χ3v) is 3.57. The van der Waals surface area contributed by atoms with Gasteiger partial charge in [0.2, 0.25) is 6.10 Å². The van der Waals surface area contributed by atoms with Crippen molar-refractivity contribution in [3.8, 4) is 5.75 Å². The van der Waals surface area contributed by atoms with Gasteiger partial charge in [-0.05, 0) is 17.5 Å². The monoisotopic (exact) mass is 320 g/mol. The maximum absolute atomic E-state index is 13.1. The number of carboxylic acids is 1. The van der Waals surface area contributed by atoms with Gasteiger partial charge in [-0.1, -0.05) is 37.6 Å². The van der Waals surface area contributed by atoms with Crippen LogP contribution in [0.25, 0.3) is 5.03 Å². The second-order valence-electron chi connectivity index (χ2n) is 4.95. The van der Waals surface area contributed by atoms with Crippen molar-refractivity contribution in [3.63, 3.8) is 0 Å². The molecule has 1 aliphatic heterocycles. The molecule has 0 spiro atoms. The van der Waals surface area contributed by atoms with Crippen LogP contribution in [0.1, 0.15) is 30.9 Å². The predicted molar refractivity (Wildman–Crippen MR) is 71.4 cm³/mol. The van der Waals surface area contributed by atoms with Crippen molar-refractivity contribution in [3.05, 3.63) is 34.9 Å². The van der Waals surface area contributed by atoms with Gasteiger partial charge in [0.15, 0.2) is 0 Å². The normalized spacial score (nSPS) is 18.5. The van der Waals surface area contributed by atoms with Gasteiger partial charge in [0.05, 0.1) is 5.03 Å². The highest BCUT2D eigenvalue weighted by molar-refractivity contribution is 6.51. The summed E-state index contributed by atoms with van der Waals surface area (Å²) in [5.74, 6) is -1.85. The van der Waals surface area contributed by atoms with Crippen LogP contribution in [-0.4, -0.2) is 23.4 Å². The average Bonchev–Trinajstić information content (AvgIpc) is 2.36. The quantitative estimate of drug-likeness (QED) is 0.889. The third-order valence-electron chi connectivity index (χ3n) is 3.17. The Hall–Kier alpha value is -1.69. The molecule has 1 unspecified atom stereocenters. The molecule has 1 aliphatic rings. The van der Waals surface area contributed by atoms with Crippen LogP contribution in [0.4, 0.5) is 13.2 Å². The number of hydrogen-bond acceptors (Lipinski definition) is 2. The number of carboxylic acid groups (broad SMARTS) is 1. The largest absolute Gasteiger partial charge is 0.478 e. The first kappa shape index (κ1) is 15.7. The lowest BCUT2D eigenvalue weighted by Crippen LogP contribution is -2.41. The predicted octanol–water partition coefficient (Wildman–Crippen LogP) is 4.17. The minimum absolute atomic E-state index is 0.00942. The first-order chi connectivity index (χ1) is 9.64. The van der Waals surface area contributed by atoms with Gasteiger partial charge in [0.1, 0.15) is 11.3 Å². The number of aliphatic carboxylic acids is 1. The molecule has 0 aliphatic carbocycles. The molecule has 1 aromatic carbocycles. The van der Waals surface area contributed by atoms with Crippen molar-refractivity contribution in [1.82, 2.24) is 0 Å². The fraction of sp³-hybridized carbons (Fsp3) is 0.357. The van der Waals surface area contributed by atoms with Gasteiger partial charge in [-0.15, -0.1) is 0 Å². The van der Waals surface area contributed by atoms with Gasteiger partial charge < -0.3 is 9.84 Å². The summed E-state index contributed by atoms with van der Waals surface area (Å²) in [4.78, 5) is 11.1. The average molecular weight is 321 g/mol. The first-order valence-electron chi connectivity index (χ1n) is 6.14. The van der Waals surface area contributed by atoms with E-state index in [-0.39, 0.29) is 17.2 Å². The van der Waals surface area contributed by atoms with Crippen LogP contribution in [0.5, 0.6) is 5.75 Å². The van der Waals surface area contributed by atoms with E-state index in [9.17, 15) is 18.0 Å². The molecule has 0 saturated heterocycles. The highest BCUT2D eigenvalue weighted by Gasteiger charge is 2.50. The van der Waals surface area contributed by atoms with Crippen LogP contribution in [0.15, 0.2) is 23.8 Å². The molecule has 21 heavy (non-hydrogen) atoms. The highest BCUT2D eigenvalue weighted by Crippen LogP contribution is 2.45. The Labute approximate surface area is 124 Å². The minimum atomic E-state index is -4.87. The molecule has 0 aromatic heterocycles. The van der Waals surface area contributed by atoms with Crippen molar-refractivity contribution >= 4 is 22.6 Å². The second-order valence-corrected chi connectivity index (χ2v) is 5.33. The number of ether oxygens (including phenoxy) is 1. The Kier molecular flexibility index (Phi) is 3.93. The van der Waals surface area contributed by atoms with Crippen molar-refractivity contribution in [2.45, 2.75) is 32.0 Å². The number of rotatable bonds is 2. The molecule has 0 amide bonds. The molecule has 0 bridgehead atoms. The lowest BCUT2D eigenvalue weighted by molar-refractivity contribution is -0.187. The van der Waals surface area contributed by atoms with Crippen LogP contribution >= 0.6 is 11.6 Å². The van der Waals surface area contributed by atoms with E-state index in [1.165, 1.54) is 6.07 Å². The number of fused-ring (bicyclic) bond motifs is 1. The van der Waals surface area contributed by atoms with Crippen LogP contribution < -0.4 is 4.74 Å². The Morgan fingerprint density at radius 3 is 2.48 bits per heavy atom. The first-order valence-corrected chi connectivity index (χ1v) is 6.52. The summed E-state index contributed by atoms with van der Waals surface area (Å²) in [5.41, 5.74) is -0.275. The van der Waals surface area contributed by atoms with Crippen LogP contribution in [0, 0.1) is 0 Å². The molecule has 1 aromatic rings. The van der Waals surface area contributed by atoms with E-state index in [2.05, 4.69) is 0 Å². The minimum Gasteiger partial charge on any atom is -0.478 e. The topological polar surface area (TPSA) is 46.5 Å². The Morgan fingerprint density at radius 2 is 2.00 bits per heavy atom. The van der Waals surface area contributed by atoms with Gasteiger partial charge in [0.25, 0.3) is 0 Å². The van der Waals surface area contributed by atoms with Gasteiger partial charge >= 0.3 is 12.1 Å². The lowest BCUT2D eigenvalue weighted by atomic mass is 9.94. The number of carbonyl (C=O) groups is 1. The molecule has 1 heterocycles. The molecule has 0 fully saturated rings. The van der Waals surface area contributed by atoms with E-state index < -0.39 is 28.9 Å². The summed E-state index contributed by atoms with van der Waals surface area (Å²) in [6, 6.07) is 4.68. The summed E-state index contributed by atoms with van der Waals surface area (Å²) in [6.07, 6.45) is -7.44. The SMILES string of the molecule is CC(C)c1cccc2c1OC(C(F)(F)F)C(C(=O)O)=C2Cl. The van der Waals surface area contributed by atoms with E-state index in [0.29, 0.717) is 5.56 Å². The van der Waals surface area contributed by atoms with E-state index in [4.69, 9.17) is 21.4 Å². The molecular weight excluding hydrogens is 309 g/mol. The summed E-state index contributed by atoms with van der Waals surface area (Å²) in [7, 11) is 0. The highest BCUT2D eigenvalue weighted by atomic mass is 35.5. The molecule has 0 saturated carbocycles. The fourth-order valence-electron chi connectivity index (χ4n) is 2.19. The van der Waals surface area contributed by atoms with Crippen molar-refractivity contribution in [2.24, 2.45) is 0 Å². The van der Waals surface area contributed by atoms with E-state index in [1.807, 2.05) is 0 Å². The number of alkyl halides is 3. The summed E-state index contributed by atoms with van der Waals surface area (Å²) >= 11 is 5.90. The number of para-hydroxylation sites is 1. The zero-order valence-corrected chi connectivity index (χ0v) is 11.9. The third kappa shape index (κ3) is 2.72. The van der Waals surface area contributed by atoms with Gasteiger partial charge in [-0.3, -0.25) is 0 Å². The van der Waals surface area contributed by atoms with E-state index in [0.717, 1.165) is 0 Å². The Bertz CT molecular complexity index is 620. The Balaban J connectivity index is 2.72. The molecule has 3 nitrogen and oxygen atoms in total. The smallest absolute Gasteiger partial charge is 0.430 e. The standard InChI is InChI=1S/C14H12ClF3O3/c1-6(2)7-4-3-5-8-10(15)9(13(19)20)12(14(16,17)18)21-11(7)8/h3-6,12H,1-2H3,(H,19,20). The maximum Gasteiger partial charge on any atom is 0.430 e. The molecule has 114 valence electrons. The van der Waals surface area contributed by atoms with Crippen LogP contribution in [0.3, 0.4) is 0 Å². The molecule has 1 atom stereocenters. The van der Waals surface area contributed by atoms with Crippen LogP contribution in [0.2, 0.25) is 0 Å². The molecule has 2 rings (SSSR count). The van der Waals surface area contributed by atoms with Gasteiger partial charge in [-0.2, -0.15) is 13.2 Å². The van der Waals surface area contributed by atoms with Gasteiger partial charge in [-0.25, -0.2) is 4.79 Å². The number of hydrogen-bond donors (Lipinski definition) is 1. The lowest BCUT2D eigenvalue weighted by Gasteiger charge is -2.30. The zero-order valence-electron chi connectivity index (χ0n) is 11.2. The van der Waals surface area contributed by atoms with E-state index >= 15 is 0 Å². The van der Waals surface area contributed by atoms with Crippen molar-refractivity contribution < 1.29 is 27.8 Å². The number of halogens is 4. The summed E-state index contributed by atoms with van der Waals surface area (Å²) in [6.45, 7) is 3.60. The molecule has 0 radical (unpaired) electrons. The van der Waals surface area contributed by atoms with Crippen LogP contribution in [-0.2, 0) is 4.79 Å². The van der Waals surface area contributed by atoms with Crippen molar-refractivity contribution in [2.75, 3.05) is 0 Å². The maximum atomic E-state index is 13.1. The number of benzene rings is 1. The molecule has 7 heteroatoms. The van der Waals surface area contributed by atoms with Gasteiger partial charge in [0, 0.05) is 5.56 Å². The zero-order chi connectivity index (χ0) is 15.9. The summed E-state index contributed by atoms with van der Waals surface area (Å²) in [5, 5.41) is 8.59. The summed E-state index contributed by atoms with van der Waals surface area (Å²) < 4.78 is 44.2. The van der Waals surface area contributed by atoms with Crippen molar-refractivity contribution in [1.29, 1.82) is 0 Å².